The van der Waals surface area contributed by atoms with E-state index in [1.54, 1.807) is 0 Å². The average Bonchev–Trinajstić information content (AvgIpc) is 3.74. The van der Waals surface area contributed by atoms with Crippen molar-refractivity contribution >= 4 is 64.7 Å². The summed E-state index contributed by atoms with van der Waals surface area (Å²) in [7, 11) is 0. The Labute approximate surface area is 294 Å². The molecular formula is C48H30OS. The third-order valence-corrected chi connectivity index (χ3v) is 12.0. The quantitative estimate of drug-likeness (QED) is 0.172. The molecule has 1 atom stereocenters. The molecule has 0 saturated heterocycles. The number of rotatable bonds is 3. The van der Waals surface area contributed by atoms with Crippen molar-refractivity contribution in [3.05, 3.63) is 174 Å². The van der Waals surface area contributed by atoms with Crippen molar-refractivity contribution in [1.29, 1.82) is 0 Å². The Kier molecular flexibility index (Phi) is 6.02. The van der Waals surface area contributed by atoms with Gasteiger partial charge in [0.2, 0.25) is 0 Å². The highest BCUT2D eigenvalue weighted by Crippen LogP contribution is 2.50. The average molecular weight is 655 g/mol. The van der Waals surface area contributed by atoms with Gasteiger partial charge in [-0.15, -0.1) is 11.3 Å². The lowest BCUT2D eigenvalue weighted by Gasteiger charge is -2.24. The summed E-state index contributed by atoms with van der Waals surface area (Å²) >= 11 is 1.92. The molecule has 2 aliphatic rings. The fourth-order valence-corrected chi connectivity index (χ4v) is 9.85. The van der Waals surface area contributed by atoms with Gasteiger partial charge in [-0.3, -0.25) is 0 Å². The Morgan fingerprint density at radius 2 is 1.08 bits per heavy atom. The van der Waals surface area contributed by atoms with Gasteiger partial charge in [0.05, 0.1) is 0 Å². The number of thiophene rings is 1. The summed E-state index contributed by atoms with van der Waals surface area (Å²) in [4.78, 5) is 0. The predicted molar refractivity (Wildman–Crippen MR) is 213 cm³/mol. The molecule has 50 heavy (non-hydrogen) atoms. The van der Waals surface area contributed by atoms with Crippen molar-refractivity contribution in [2.75, 3.05) is 0 Å². The van der Waals surface area contributed by atoms with E-state index in [1.165, 1.54) is 97.4 Å². The van der Waals surface area contributed by atoms with E-state index in [9.17, 15) is 0 Å². The molecule has 1 unspecified atom stereocenters. The number of hydrogen-bond acceptors (Lipinski definition) is 2. The fourth-order valence-electron chi connectivity index (χ4n) is 8.60. The van der Waals surface area contributed by atoms with Gasteiger partial charge < -0.3 is 4.74 Å². The zero-order chi connectivity index (χ0) is 32.8. The molecule has 1 aromatic heterocycles. The summed E-state index contributed by atoms with van der Waals surface area (Å²) in [6.07, 6.45) is 3.33. The maximum atomic E-state index is 6.57. The van der Waals surface area contributed by atoms with Crippen molar-refractivity contribution in [2.24, 2.45) is 0 Å². The highest BCUT2D eigenvalue weighted by atomic mass is 32.1. The Morgan fingerprint density at radius 1 is 0.480 bits per heavy atom. The maximum absolute atomic E-state index is 6.57. The largest absolute Gasteiger partial charge is 0.485 e. The summed E-state index contributed by atoms with van der Waals surface area (Å²) in [5, 5.41) is 7.75. The monoisotopic (exact) mass is 654 g/mol. The van der Waals surface area contributed by atoms with E-state index in [1.807, 2.05) is 11.3 Å². The van der Waals surface area contributed by atoms with E-state index >= 15 is 0 Å². The van der Waals surface area contributed by atoms with Crippen LogP contribution in [0.4, 0.5) is 0 Å². The first-order valence-corrected chi connectivity index (χ1v) is 18.2. The Morgan fingerprint density at radius 3 is 1.84 bits per heavy atom. The zero-order valence-corrected chi connectivity index (χ0v) is 28.0. The third kappa shape index (κ3) is 4.06. The first-order valence-electron chi connectivity index (χ1n) is 17.3. The second-order valence-electron chi connectivity index (χ2n) is 13.5. The number of fused-ring (bicyclic) bond motifs is 10. The lowest BCUT2D eigenvalue weighted by molar-refractivity contribution is 0.276. The van der Waals surface area contributed by atoms with Crippen LogP contribution in [-0.2, 0) is 6.42 Å². The summed E-state index contributed by atoms with van der Waals surface area (Å²) in [5.41, 5.74) is 12.8. The molecule has 1 aliphatic heterocycles. The molecule has 0 saturated carbocycles. The van der Waals surface area contributed by atoms with Gasteiger partial charge in [0, 0.05) is 37.7 Å². The molecule has 0 amide bonds. The van der Waals surface area contributed by atoms with E-state index in [-0.39, 0.29) is 6.10 Å². The molecule has 2 heterocycles. The molecule has 1 aliphatic carbocycles. The summed E-state index contributed by atoms with van der Waals surface area (Å²) < 4.78 is 9.28. The molecule has 8 aromatic carbocycles. The van der Waals surface area contributed by atoms with Gasteiger partial charge in [0.25, 0.3) is 0 Å². The van der Waals surface area contributed by atoms with Crippen molar-refractivity contribution in [1.82, 2.24) is 0 Å². The normalized spacial score (nSPS) is 14.8. The molecular weight excluding hydrogens is 625 g/mol. The minimum Gasteiger partial charge on any atom is -0.485 e. The second kappa shape index (κ2) is 10.8. The van der Waals surface area contributed by atoms with Crippen LogP contribution < -0.4 is 4.74 Å². The van der Waals surface area contributed by atoms with Gasteiger partial charge in [-0.05, 0) is 96.4 Å². The molecule has 0 fully saturated rings. The number of ether oxygens (including phenoxy) is 1. The van der Waals surface area contributed by atoms with Gasteiger partial charge in [-0.2, -0.15) is 0 Å². The van der Waals surface area contributed by atoms with Gasteiger partial charge in [-0.1, -0.05) is 133 Å². The maximum Gasteiger partial charge on any atom is 0.129 e. The molecule has 9 aromatic rings. The molecule has 234 valence electrons. The number of hydrogen-bond donors (Lipinski definition) is 0. The van der Waals surface area contributed by atoms with Gasteiger partial charge in [0.1, 0.15) is 11.9 Å². The van der Waals surface area contributed by atoms with E-state index in [0.717, 1.165) is 12.2 Å². The van der Waals surface area contributed by atoms with Crippen LogP contribution in [0, 0.1) is 0 Å². The van der Waals surface area contributed by atoms with Crippen molar-refractivity contribution in [3.8, 4) is 39.1 Å². The molecule has 2 heteroatoms. The Hall–Kier alpha value is -5.96. The van der Waals surface area contributed by atoms with Crippen molar-refractivity contribution in [3.63, 3.8) is 0 Å². The Balaban J connectivity index is 1.19. The number of para-hydroxylation sites is 1. The smallest absolute Gasteiger partial charge is 0.129 e. The highest BCUT2D eigenvalue weighted by molar-refractivity contribution is 7.26. The molecule has 1 nitrogen and oxygen atoms in total. The molecule has 0 spiro atoms. The van der Waals surface area contributed by atoms with Crippen LogP contribution in [0.25, 0.3) is 86.7 Å². The van der Waals surface area contributed by atoms with Crippen LogP contribution in [0.3, 0.4) is 0 Å². The molecule has 11 rings (SSSR count). The third-order valence-electron chi connectivity index (χ3n) is 10.8. The molecule has 0 bridgehead atoms. The zero-order valence-electron chi connectivity index (χ0n) is 27.2. The highest BCUT2D eigenvalue weighted by Gasteiger charge is 2.34. The van der Waals surface area contributed by atoms with Gasteiger partial charge >= 0.3 is 0 Å². The van der Waals surface area contributed by atoms with Crippen LogP contribution >= 0.6 is 11.3 Å². The summed E-state index contributed by atoms with van der Waals surface area (Å²) in [6, 6.07) is 57.8. The second-order valence-corrected chi connectivity index (χ2v) is 14.5. The van der Waals surface area contributed by atoms with Gasteiger partial charge in [-0.25, -0.2) is 0 Å². The van der Waals surface area contributed by atoms with Crippen LogP contribution in [-0.4, -0.2) is 6.10 Å². The van der Waals surface area contributed by atoms with E-state index in [2.05, 4.69) is 164 Å². The fraction of sp³-hybridized carbons (Fsp3) is 0.0417. The van der Waals surface area contributed by atoms with Gasteiger partial charge in [0.15, 0.2) is 0 Å². The van der Waals surface area contributed by atoms with E-state index in [4.69, 9.17) is 4.74 Å². The first kappa shape index (κ1) is 27.9. The topological polar surface area (TPSA) is 9.23 Å². The molecule has 0 N–H and O–H groups in total. The van der Waals surface area contributed by atoms with E-state index < -0.39 is 0 Å². The summed E-state index contributed by atoms with van der Waals surface area (Å²) in [6.45, 7) is 0. The Bertz CT molecular complexity index is 2820. The summed E-state index contributed by atoms with van der Waals surface area (Å²) in [5.74, 6) is 0.991. The number of benzene rings is 8. The minimum atomic E-state index is 0.0377. The van der Waals surface area contributed by atoms with Crippen LogP contribution in [0.1, 0.15) is 16.7 Å². The lowest BCUT2D eigenvalue weighted by atomic mass is 9.82. The standard InChI is InChI=1S/C48H30OS/c1-2-13-29(14-3-1)46-34-19-4-6-21-36(34)47(37-22-7-5-20-35(37)46)31-16-12-15-30(25-31)38-26-41-33-18-9-11-24-45(33)50-48(41)42-28-44-40(27-39(38)42)32-17-8-10-23-43(32)49-44/h1-27,44H,28H2. The van der Waals surface area contributed by atoms with Crippen LogP contribution in [0.2, 0.25) is 0 Å². The van der Waals surface area contributed by atoms with Crippen molar-refractivity contribution in [2.45, 2.75) is 12.5 Å². The first-order chi connectivity index (χ1) is 24.8. The van der Waals surface area contributed by atoms with E-state index in [0.29, 0.717) is 0 Å². The lowest BCUT2D eigenvalue weighted by Crippen LogP contribution is -2.19. The van der Waals surface area contributed by atoms with Crippen LogP contribution in [0.15, 0.2) is 158 Å². The van der Waals surface area contributed by atoms with Crippen LogP contribution in [0.5, 0.6) is 5.75 Å². The molecule has 0 radical (unpaired) electrons. The SMILES string of the molecule is C1=C2c3ccccc3OC2Cc2c1c(-c1cccc(-c3c4ccccc4c(-c4ccccc4)c4ccccc34)c1)cc1c2sc2ccccc21. The predicted octanol–water partition coefficient (Wildman–Crippen LogP) is 13.2. The van der Waals surface area contributed by atoms with Crippen molar-refractivity contribution < 1.29 is 4.74 Å². The minimum absolute atomic E-state index is 0.0377.